The molecule has 2 aromatic carbocycles. The summed E-state index contributed by atoms with van der Waals surface area (Å²) in [6.45, 7) is 2.08. The number of carbonyl (C=O) groups excluding carboxylic acids is 1. The van der Waals surface area contributed by atoms with E-state index in [1.54, 1.807) is 0 Å². The molecule has 0 aliphatic rings. The predicted octanol–water partition coefficient (Wildman–Crippen LogP) is 5.03. The Morgan fingerprint density at radius 2 is 1.74 bits per heavy atom. The molecular weight excluding hydrogens is 375 g/mol. The fourth-order valence-electron chi connectivity index (χ4n) is 2.40. The highest BCUT2D eigenvalue weighted by molar-refractivity contribution is 7.99. The zero-order chi connectivity index (χ0) is 19.4. The molecule has 27 heavy (non-hydrogen) atoms. The van der Waals surface area contributed by atoms with E-state index in [-0.39, 0.29) is 17.1 Å². The first-order valence-electron chi connectivity index (χ1n) is 8.22. The lowest BCUT2D eigenvalue weighted by molar-refractivity contribution is -0.137. The van der Waals surface area contributed by atoms with Gasteiger partial charge in [-0.25, -0.2) is 4.98 Å². The van der Waals surface area contributed by atoms with E-state index in [9.17, 15) is 18.0 Å². The van der Waals surface area contributed by atoms with Crippen LogP contribution in [0.4, 0.5) is 13.2 Å². The minimum Gasteiger partial charge on any atom is -0.293 e. The normalized spacial score (nSPS) is 11.6. The van der Waals surface area contributed by atoms with Gasteiger partial charge in [-0.15, -0.1) is 5.10 Å². The van der Waals surface area contributed by atoms with E-state index in [4.69, 9.17) is 0 Å². The molecule has 0 amide bonds. The van der Waals surface area contributed by atoms with Gasteiger partial charge in [0.2, 0.25) is 5.16 Å². The van der Waals surface area contributed by atoms with Crippen LogP contribution in [0.25, 0.3) is 11.4 Å². The number of halogens is 3. The number of Topliss-reactive ketones (excluding diaryl/α,β-unsaturated/α-hetero) is 1. The number of hydrogen-bond donors (Lipinski definition) is 1. The Balaban J connectivity index is 1.61. The molecule has 0 spiro atoms. The molecule has 1 aromatic heterocycles. The standard InChI is InChI=1S/C19H16F3N3OS/c1-2-12-3-5-14(6-4-12)17-23-18(25-24-17)27-11-16(26)13-7-9-15(10-8-13)19(20,21)22/h3-10H,2,11H2,1H3,(H,23,24,25). The van der Waals surface area contributed by atoms with E-state index in [0.717, 1.165) is 35.9 Å². The van der Waals surface area contributed by atoms with Crippen molar-refractivity contribution in [3.63, 3.8) is 0 Å². The molecule has 0 unspecified atom stereocenters. The van der Waals surface area contributed by atoms with Crippen LogP contribution in [-0.2, 0) is 12.6 Å². The van der Waals surface area contributed by atoms with Crippen molar-refractivity contribution in [3.8, 4) is 11.4 Å². The Morgan fingerprint density at radius 3 is 2.33 bits per heavy atom. The van der Waals surface area contributed by atoms with Gasteiger partial charge in [0.05, 0.1) is 11.3 Å². The van der Waals surface area contributed by atoms with Crippen LogP contribution in [0.1, 0.15) is 28.4 Å². The summed E-state index contributed by atoms with van der Waals surface area (Å²) in [5.74, 6) is 0.353. The van der Waals surface area contributed by atoms with E-state index in [1.807, 2.05) is 24.3 Å². The highest BCUT2D eigenvalue weighted by Crippen LogP contribution is 2.29. The van der Waals surface area contributed by atoms with Gasteiger partial charge >= 0.3 is 6.18 Å². The largest absolute Gasteiger partial charge is 0.416 e. The maximum atomic E-state index is 12.6. The van der Waals surface area contributed by atoms with Gasteiger partial charge in [-0.3, -0.25) is 9.89 Å². The van der Waals surface area contributed by atoms with Crippen molar-refractivity contribution < 1.29 is 18.0 Å². The van der Waals surface area contributed by atoms with Gasteiger partial charge in [0.15, 0.2) is 11.6 Å². The predicted molar refractivity (Wildman–Crippen MR) is 97.7 cm³/mol. The molecule has 0 fully saturated rings. The minimum absolute atomic E-state index is 0.0391. The Morgan fingerprint density at radius 1 is 1.07 bits per heavy atom. The van der Waals surface area contributed by atoms with Crippen LogP contribution >= 0.6 is 11.8 Å². The lowest BCUT2D eigenvalue weighted by atomic mass is 10.1. The van der Waals surface area contributed by atoms with Crippen molar-refractivity contribution in [1.29, 1.82) is 0 Å². The lowest BCUT2D eigenvalue weighted by Crippen LogP contribution is -2.07. The maximum Gasteiger partial charge on any atom is 0.416 e. The molecule has 0 bridgehead atoms. The third kappa shape index (κ3) is 4.77. The average Bonchev–Trinajstić information content (AvgIpc) is 3.14. The molecule has 3 aromatic rings. The molecule has 0 atom stereocenters. The molecule has 0 saturated carbocycles. The fourth-order valence-corrected chi connectivity index (χ4v) is 3.09. The summed E-state index contributed by atoms with van der Waals surface area (Å²) in [4.78, 5) is 16.5. The molecule has 140 valence electrons. The molecule has 0 saturated heterocycles. The highest BCUT2D eigenvalue weighted by atomic mass is 32.2. The molecule has 0 radical (unpaired) electrons. The highest BCUT2D eigenvalue weighted by Gasteiger charge is 2.30. The average molecular weight is 391 g/mol. The van der Waals surface area contributed by atoms with Crippen molar-refractivity contribution >= 4 is 17.5 Å². The van der Waals surface area contributed by atoms with Gasteiger partial charge in [0.25, 0.3) is 0 Å². The van der Waals surface area contributed by atoms with E-state index < -0.39 is 11.7 Å². The molecule has 1 heterocycles. The quantitative estimate of drug-likeness (QED) is 0.473. The van der Waals surface area contributed by atoms with Gasteiger partial charge in [-0.1, -0.05) is 55.1 Å². The molecule has 1 N–H and O–H groups in total. The SMILES string of the molecule is CCc1ccc(-c2nc(SCC(=O)c3ccc(C(F)(F)F)cc3)n[nH]2)cc1. The third-order valence-corrected chi connectivity index (χ3v) is 4.81. The Bertz CT molecular complexity index is 919. The summed E-state index contributed by atoms with van der Waals surface area (Å²) in [6, 6.07) is 12.1. The topological polar surface area (TPSA) is 58.6 Å². The fraction of sp³-hybridized carbons (Fsp3) is 0.211. The monoisotopic (exact) mass is 391 g/mol. The number of aromatic amines is 1. The molecule has 3 rings (SSSR count). The zero-order valence-electron chi connectivity index (χ0n) is 14.4. The number of H-pyrrole nitrogens is 1. The Labute approximate surface area is 158 Å². The van der Waals surface area contributed by atoms with E-state index in [1.165, 1.54) is 17.7 Å². The van der Waals surface area contributed by atoms with Crippen molar-refractivity contribution in [2.24, 2.45) is 0 Å². The molecule has 0 aliphatic carbocycles. The summed E-state index contributed by atoms with van der Waals surface area (Å²) in [6.07, 6.45) is -3.47. The van der Waals surface area contributed by atoms with Gasteiger partial charge in [0, 0.05) is 11.1 Å². The number of benzene rings is 2. The van der Waals surface area contributed by atoms with Gasteiger partial charge in [0.1, 0.15) is 0 Å². The minimum atomic E-state index is -4.42. The van der Waals surface area contributed by atoms with Crippen LogP contribution < -0.4 is 0 Å². The summed E-state index contributed by atoms with van der Waals surface area (Å²) >= 11 is 1.13. The number of nitrogens with zero attached hydrogens (tertiary/aromatic N) is 2. The number of hydrogen-bond acceptors (Lipinski definition) is 4. The first-order valence-corrected chi connectivity index (χ1v) is 9.20. The smallest absolute Gasteiger partial charge is 0.293 e. The molecule has 4 nitrogen and oxygen atoms in total. The van der Waals surface area contributed by atoms with Gasteiger partial charge < -0.3 is 0 Å². The van der Waals surface area contributed by atoms with Crippen molar-refractivity contribution in [1.82, 2.24) is 15.2 Å². The summed E-state index contributed by atoms with van der Waals surface area (Å²) in [7, 11) is 0. The third-order valence-electron chi connectivity index (χ3n) is 3.97. The number of aryl methyl sites for hydroxylation is 1. The summed E-state index contributed by atoms with van der Waals surface area (Å²) < 4.78 is 37.7. The van der Waals surface area contributed by atoms with Crippen LogP contribution in [0.5, 0.6) is 0 Å². The molecule has 8 heteroatoms. The van der Waals surface area contributed by atoms with Crippen molar-refractivity contribution in [3.05, 3.63) is 65.2 Å². The number of rotatable bonds is 6. The number of ketones is 1. The van der Waals surface area contributed by atoms with E-state index >= 15 is 0 Å². The van der Waals surface area contributed by atoms with Crippen LogP contribution in [0.15, 0.2) is 53.7 Å². The number of nitrogens with one attached hydrogen (secondary N) is 1. The summed E-state index contributed by atoms with van der Waals surface area (Å²) in [5, 5.41) is 7.31. The lowest BCUT2D eigenvalue weighted by Gasteiger charge is -2.06. The Hall–Kier alpha value is -2.61. The van der Waals surface area contributed by atoms with Crippen LogP contribution in [0.2, 0.25) is 0 Å². The van der Waals surface area contributed by atoms with Crippen LogP contribution in [0.3, 0.4) is 0 Å². The second-order valence-corrected chi connectivity index (χ2v) is 6.75. The summed E-state index contributed by atoms with van der Waals surface area (Å²) in [5.41, 5.74) is 1.55. The molecule has 0 aliphatic heterocycles. The number of carbonyl (C=O) groups is 1. The number of aromatic nitrogens is 3. The zero-order valence-corrected chi connectivity index (χ0v) is 15.2. The first-order chi connectivity index (χ1) is 12.9. The maximum absolute atomic E-state index is 12.6. The Kier molecular flexibility index (Phi) is 5.65. The second-order valence-electron chi connectivity index (χ2n) is 5.80. The van der Waals surface area contributed by atoms with Crippen molar-refractivity contribution in [2.45, 2.75) is 24.7 Å². The second kappa shape index (κ2) is 7.96. The number of thioether (sulfide) groups is 1. The van der Waals surface area contributed by atoms with Gasteiger partial charge in [-0.05, 0) is 24.1 Å². The van der Waals surface area contributed by atoms with E-state index in [2.05, 4.69) is 22.1 Å². The number of alkyl halides is 3. The molecular formula is C19H16F3N3OS. The van der Waals surface area contributed by atoms with E-state index in [0.29, 0.717) is 11.0 Å². The van der Waals surface area contributed by atoms with Crippen LogP contribution in [-0.4, -0.2) is 26.7 Å². The first kappa shape index (κ1) is 19.2. The van der Waals surface area contributed by atoms with Crippen LogP contribution in [0, 0.1) is 0 Å². The van der Waals surface area contributed by atoms with Gasteiger partial charge in [-0.2, -0.15) is 13.2 Å². The van der Waals surface area contributed by atoms with Crippen molar-refractivity contribution in [2.75, 3.05) is 5.75 Å².